The highest BCUT2D eigenvalue weighted by Crippen LogP contribution is 2.18. The van der Waals surface area contributed by atoms with E-state index in [0.717, 1.165) is 5.57 Å². The number of allylic oxidation sites excluding steroid dienone is 1. The van der Waals surface area contributed by atoms with Crippen LogP contribution in [0.15, 0.2) is 11.6 Å². The van der Waals surface area contributed by atoms with Crippen molar-refractivity contribution in [2.45, 2.75) is 33.6 Å². The maximum atomic E-state index is 11.5. The van der Waals surface area contributed by atoms with E-state index in [1.165, 1.54) is 0 Å². The minimum absolute atomic E-state index is 0.0332. The summed E-state index contributed by atoms with van der Waals surface area (Å²) in [7, 11) is 0. The van der Waals surface area contributed by atoms with Gasteiger partial charge in [0.2, 0.25) is 0 Å². The number of hydrogen-bond donors (Lipinski definition) is 0. The number of Topliss-reactive ketones (excluding diaryl/α,β-unsaturated/α-hetero) is 1. The minimum Gasteiger partial charge on any atom is -0.373 e. The molecular formula is C12H18O3. The Kier molecular flexibility index (Phi) is 3.80. The second kappa shape index (κ2) is 4.71. The first-order chi connectivity index (χ1) is 6.89. The maximum Gasteiger partial charge on any atom is 0.156 e. The SMILES string of the molecule is CC(C)(C)C(=O)CCC(=O)C=C1COC1. The number of hydrogen-bond acceptors (Lipinski definition) is 3. The molecule has 0 saturated carbocycles. The summed E-state index contributed by atoms with van der Waals surface area (Å²) in [5.41, 5.74) is 0.690. The monoisotopic (exact) mass is 210 g/mol. The van der Waals surface area contributed by atoms with Gasteiger partial charge in [0.15, 0.2) is 5.78 Å². The Hall–Kier alpha value is -0.960. The number of ketones is 2. The summed E-state index contributed by atoms with van der Waals surface area (Å²) in [6.07, 6.45) is 2.27. The van der Waals surface area contributed by atoms with Crippen molar-refractivity contribution in [2.24, 2.45) is 5.41 Å². The van der Waals surface area contributed by atoms with Gasteiger partial charge in [0.05, 0.1) is 13.2 Å². The lowest BCUT2D eigenvalue weighted by Gasteiger charge is -2.17. The summed E-state index contributed by atoms with van der Waals surface area (Å²) in [6, 6.07) is 0. The Morgan fingerprint density at radius 2 is 1.87 bits per heavy atom. The van der Waals surface area contributed by atoms with Crippen LogP contribution in [0.1, 0.15) is 33.6 Å². The third-order valence-corrected chi connectivity index (χ3v) is 2.38. The molecule has 0 aromatic rings. The second-order valence-electron chi connectivity index (χ2n) is 4.93. The van der Waals surface area contributed by atoms with Crippen LogP contribution in [0.2, 0.25) is 0 Å². The van der Waals surface area contributed by atoms with Gasteiger partial charge in [0.1, 0.15) is 5.78 Å². The largest absolute Gasteiger partial charge is 0.373 e. The van der Waals surface area contributed by atoms with Crippen molar-refractivity contribution in [3.63, 3.8) is 0 Å². The van der Waals surface area contributed by atoms with Gasteiger partial charge in [-0.3, -0.25) is 9.59 Å². The fourth-order valence-corrected chi connectivity index (χ4v) is 1.21. The van der Waals surface area contributed by atoms with Crippen molar-refractivity contribution in [2.75, 3.05) is 13.2 Å². The van der Waals surface area contributed by atoms with E-state index in [2.05, 4.69) is 0 Å². The highest BCUT2D eigenvalue weighted by atomic mass is 16.5. The van der Waals surface area contributed by atoms with Gasteiger partial charge in [-0.2, -0.15) is 0 Å². The van der Waals surface area contributed by atoms with Crippen LogP contribution in [-0.2, 0) is 14.3 Å². The molecule has 0 aromatic heterocycles. The lowest BCUT2D eigenvalue weighted by atomic mass is 9.88. The molecule has 0 atom stereocenters. The zero-order valence-corrected chi connectivity index (χ0v) is 9.63. The van der Waals surface area contributed by atoms with E-state index in [9.17, 15) is 9.59 Å². The van der Waals surface area contributed by atoms with Gasteiger partial charge in [-0.05, 0) is 11.6 Å². The molecule has 0 aromatic carbocycles. The molecule has 0 amide bonds. The first kappa shape index (κ1) is 12.1. The number of carbonyl (C=O) groups is 2. The lowest BCUT2D eigenvalue weighted by molar-refractivity contribution is -0.128. The van der Waals surface area contributed by atoms with E-state index in [4.69, 9.17) is 4.74 Å². The fraction of sp³-hybridized carbons (Fsp3) is 0.667. The van der Waals surface area contributed by atoms with Crippen molar-refractivity contribution in [3.05, 3.63) is 11.6 Å². The smallest absolute Gasteiger partial charge is 0.156 e. The average molecular weight is 210 g/mol. The molecular weight excluding hydrogens is 192 g/mol. The predicted molar refractivity (Wildman–Crippen MR) is 57.6 cm³/mol. The highest BCUT2D eigenvalue weighted by molar-refractivity contribution is 5.94. The molecule has 0 unspecified atom stereocenters. The molecule has 3 heteroatoms. The zero-order chi connectivity index (χ0) is 11.5. The number of carbonyl (C=O) groups excluding carboxylic acids is 2. The van der Waals surface area contributed by atoms with Crippen LogP contribution in [-0.4, -0.2) is 24.8 Å². The van der Waals surface area contributed by atoms with E-state index in [1.54, 1.807) is 6.08 Å². The van der Waals surface area contributed by atoms with E-state index in [0.29, 0.717) is 26.1 Å². The van der Waals surface area contributed by atoms with E-state index in [1.807, 2.05) is 20.8 Å². The maximum absolute atomic E-state index is 11.5. The first-order valence-corrected chi connectivity index (χ1v) is 5.23. The Labute approximate surface area is 90.5 Å². The molecule has 1 saturated heterocycles. The fourth-order valence-electron chi connectivity index (χ4n) is 1.21. The van der Waals surface area contributed by atoms with Crippen LogP contribution >= 0.6 is 0 Å². The summed E-state index contributed by atoms with van der Waals surface area (Å²) >= 11 is 0. The Morgan fingerprint density at radius 1 is 1.27 bits per heavy atom. The topological polar surface area (TPSA) is 43.4 Å². The van der Waals surface area contributed by atoms with E-state index < -0.39 is 0 Å². The zero-order valence-electron chi connectivity index (χ0n) is 9.63. The van der Waals surface area contributed by atoms with Crippen LogP contribution in [0.4, 0.5) is 0 Å². The van der Waals surface area contributed by atoms with Crippen LogP contribution in [0.25, 0.3) is 0 Å². The third-order valence-electron chi connectivity index (χ3n) is 2.38. The molecule has 0 spiro atoms. The standard InChI is InChI=1S/C12H18O3/c1-12(2,3)11(14)5-4-10(13)6-9-7-15-8-9/h6H,4-5,7-8H2,1-3H3. The molecule has 1 fully saturated rings. The van der Waals surface area contributed by atoms with Crippen molar-refractivity contribution in [3.8, 4) is 0 Å². The molecule has 1 aliphatic rings. The van der Waals surface area contributed by atoms with Crippen LogP contribution < -0.4 is 0 Å². The summed E-state index contributed by atoms with van der Waals surface area (Å²) in [5, 5.41) is 0. The molecule has 1 aliphatic heterocycles. The van der Waals surface area contributed by atoms with Crippen LogP contribution in [0.3, 0.4) is 0 Å². The molecule has 0 aliphatic carbocycles. The molecule has 84 valence electrons. The highest BCUT2D eigenvalue weighted by Gasteiger charge is 2.21. The normalized spacial score (nSPS) is 15.8. The van der Waals surface area contributed by atoms with Gasteiger partial charge in [-0.1, -0.05) is 20.8 Å². The van der Waals surface area contributed by atoms with Gasteiger partial charge >= 0.3 is 0 Å². The molecule has 0 radical (unpaired) electrons. The number of rotatable bonds is 4. The van der Waals surface area contributed by atoms with Gasteiger partial charge in [-0.25, -0.2) is 0 Å². The molecule has 0 bridgehead atoms. The summed E-state index contributed by atoms with van der Waals surface area (Å²) in [5.74, 6) is 0.171. The Bertz CT molecular complexity index is 288. The average Bonchev–Trinajstić information content (AvgIpc) is 2.05. The quantitative estimate of drug-likeness (QED) is 0.666. The predicted octanol–water partition coefficient (Wildman–Crippen LogP) is 1.91. The van der Waals surface area contributed by atoms with E-state index in [-0.39, 0.29) is 17.0 Å². The summed E-state index contributed by atoms with van der Waals surface area (Å²) in [4.78, 5) is 22.9. The summed E-state index contributed by atoms with van der Waals surface area (Å²) < 4.78 is 4.93. The second-order valence-corrected chi connectivity index (χ2v) is 4.93. The van der Waals surface area contributed by atoms with Crippen molar-refractivity contribution >= 4 is 11.6 Å². The van der Waals surface area contributed by atoms with Gasteiger partial charge in [0, 0.05) is 18.3 Å². The van der Waals surface area contributed by atoms with Crippen molar-refractivity contribution in [1.82, 2.24) is 0 Å². The Balaban J connectivity index is 2.31. The van der Waals surface area contributed by atoms with Crippen LogP contribution in [0.5, 0.6) is 0 Å². The molecule has 1 heterocycles. The molecule has 0 N–H and O–H groups in total. The van der Waals surface area contributed by atoms with Gasteiger partial charge < -0.3 is 4.74 Å². The Morgan fingerprint density at radius 3 is 2.27 bits per heavy atom. The van der Waals surface area contributed by atoms with Gasteiger partial charge in [-0.15, -0.1) is 0 Å². The molecule has 3 nitrogen and oxygen atoms in total. The third kappa shape index (κ3) is 3.96. The van der Waals surface area contributed by atoms with Crippen molar-refractivity contribution < 1.29 is 14.3 Å². The molecule has 1 rings (SSSR count). The molecule has 15 heavy (non-hydrogen) atoms. The van der Waals surface area contributed by atoms with Gasteiger partial charge in [0.25, 0.3) is 0 Å². The van der Waals surface area contributed by atoms with Crippen LogP contribution in [0, 0.1) is 5.41 Å². The number of ether oxygens (including phenoxy) is 1. The van der Waals surface area contributed by atoms with Crippen molar-refractivity contribution in [1.29, 1.82) is 0 Å². The summed E-state index contributed by atoms with van der Waals surface area (Å²) in [6.45, 7) is 6.76. The lowest BCUT2D eigenvalue weighted by Crippen LogP contribution is -2.21. The minimum atomic E-state index is -0.340. The first-order valence-electron chi connectivity index (χ1n) is 5.23. The van der Waals surface area contributed by atoms with E-state index >= 15 is 0 Å².